The van der Waals surface area contributed by atoms with Crippen molar-refractivity contribution in [1.82, 2.24) is 0 Å². The van der Waals surface area contributed by atoms with E-state index in [1.54, 1.807) is 6.08 Å². The van der Waals surface area contributed by atoms with E-state index in [1.165, 1.54) is 6.20 Å². The van der Waals surface area contributed by atoms with Crippen molar-refractivity contribution in [3.05, 3.63) is 12.3 Å². The van der Waals surface area contributed by atoms with Gasteiger partial charge in [0.2, 0.25) is 0 Å². The Morgan fingerprint density at radius 3 is 2.43 bits per heavy atom. The van der Waals surface area contributed by atoms with Crippen LogP contribution in [-0.4, -0.2) is 6.04 Å². The van der Waals surface area contributed by atoms with Crippen LogP contribution in [-0.2, 0) is 0 Å². The van der Waals surface area contributed by atoms with Gasteiger partial charge in [-0.3, -0.25) is 0 Å². The fourth-order valence-electron chi connectivity index (χ4n) is 0.279. The predicted octanol–water partition coefficient (Wildman–Crippen LogP) is 0.196. The molecule has 0 aromatic rings. The molecule has 0 rings (SSSR count). The first kappa shape index (κ1) is 6.50. The van der Waals surface area contributed by atoms with E-state index in [0.29, 0.717) is 0 Å². The lowest BCUT2D eigenvalue weighted by atomic mass is 10.2. The molecule has 0 bridgehead atoms. The van der Waals surface area contributed by atoms with Gasteiger partial charge in [0.05, 0.1) is 0 Å². The van der Waals surface area contributed by atoms with Crippen LogP contribution in [0.2, 0.25) is 0 Å². The molecule has 1 unspecified atom stereocenters. The highest BCUT2D eigenvalue weighted by Gasteiger charge is 1.86. The summed E-state index contributed by atoms with van der Waals surface area (Å²) in [6.07, 6.45) is 4.21. The molecule has 0 aliphatic heterocycles. The highest BCUT2D eigenvalue weighted by atomic mass is 14.6. The molecule has 2 heteroatoms. The maximum absolute atomic E-state index is 5.42. The first-order valence-electron chi connectivity index (χ1n) is 2.45. The Balaban J connectivity index is 3.16. The summed E-state index contributed by atoms with van der Waals surface area (Å²) in [4.78, 5) is 0. The van der Waals surface area contributed by atoms with Gasteiger partial charge in [0.15, 0.2) is 0 Å². The van der Waals surface area contributed by atoms with Crippen LogP contribution in [0.3, 0.4) is 0 Å². The van der Waals surface area contributed by atoms with Crippen molar-refractivity contribution in [2.45, 2.75) is 19.4 Å². The molecule has 0 aromatic carbocycles. The fraction of sp³-hybridized carbons (Fsp3) is 0.600. The number of nitrogens with two attached hydrogens (primary N) is 2. The lowest BCUT2D eigenvalue weighted by molar-refractivity contribution is 0.781. The standard InChI is InChI=1S/C5H12N2/c1-2-5(7)3-4-6/h3-5H,2,6-7H2,1H3. The third kappa shape index (κ3) is 3.33. The van der Waals surface area contributed by atoms with Gasteiger partial charge in [-0.1, -0.05) is 13.0 Å². The van der Waals surface area contributed by atoms with E-state index in [0.717, 1.165) is 6.42 Å². The second kappa shape index (κ2) is 3.68. The Morgan fingerprint density at radius 1 is 1.71 bits per heavy atom. The van der Waals surface area contributed by atoms with Crippen LogP contribution in [0.5, 0.6) is 0 Å². The molecule has 42 valence electrons. The Bertz CT molecular complexity index is 59.1. The molecule has 2 nitrogen and oxygen atoms in total. The van der Waals surface area contributed by atoms with Crippen molar-refractivity contribution in [3.63, 3.8) is 0 Å². The van der Waals surface area contributed by atoms with Gasteiger partial charge in [0.25, 0.3) is 0 Å². The molecule has 1 atom stereocenters. The summed E-state index contributed by atoms with van der Waals surface area (Å²) < 4.78 is 0. The summed E-state index contributed by atoms with van der Waals surface area (Å²) >= 11 is 0. The highest BCUT2D eigenvalue weighted by molar-refractivity contribution is 4.86. The second-order valence-electron chi connectivity index (χ2n) is 1.46. The maximum atomic E-state index is 5.42. The van der Waals surface area contributed by atoms with E-state index in [1.807, 2.05) is 6.92 Å². The number of hydrogen-bond donors (Lipinski definition) is 2. The summed E-state index contributed by atoms with van der Waals surface area (Å²) in [5.74, 6) is 0. The van der Waals surface area contributed by atoms with Crippen LogP contribution in [0.1, 0.15) is 13.3 Å². The molecule has 0 amide bonds. The van der Waals surface area contributed by atoms with Gasteiger partial charge in [-0.25, -0.2) is 0 Å². The van der Waals surface area contributed by atoms with E-state index in [-0.39, 0.29) is 6.04 Å². The van der Waals surface area contributed by atoms with E-state index in [9.17, 15) is 0 Å². The van der Waals surface area contributed by atoms with E-state index in [4.69, 9.17) is 11.5 Å². The molecule has 0 radical (unpaired) electrons. The Morgan fingerprint density at radius 2 is 2.29 bits per heavy atom. The third-order valence-electron chi connectivity index (χ3n) is 0.830. The molecule has 0 saturated heterocycles. The zero-order valence-electron chi connectivity index (χ0n) is 4.59. The smallest absolute Gasteiger partial charge is 0.0237 e. The van der Waals surface area contributed by atoms with Crippen molar-refractivity contribution in [3.8, 4) is 0 Å². The predicted molar refractivity (Wildman–Crippen MR) is 31.6 cm³/mol. The van der Waals surface area contributed by atoms with Crippen molar-refractivity contribution in [1.29, 1.82) is 0 Å². The SMILES string of the molecule is CCC(N)C=CN. The summed E-state index contributed by atoms with van der Waals surface area (Å²) in [6, 6.07) is 0.144. The quantitative estimate of drug-likeness (QED) is 0.520. The summed E-state index contributed by atoms with van der Waals surface area (Å²) in [6.45, 7) is 2.02. The average molecular weight is 100 g/mol. The largest absolute Gasteiger partial charge is 0.405 e. The van der Waals surface area contributed by atoms with Crippen molar-refractivity contribution >= 4 is 0 Å². The van der Waals surface area contributed by atoms with E-state index >= 15 is 0 Å². The third-order valence-corrected chi connectivity index (χ3v) is 0.830. The van der Waals surface area contributed by atoms with Gasteiger partial charge in [-0.2, -0.15) is 0 Å². The molecule has 0 fully saturated rings. The molecular formula is C5H12N2. The van der Waals surface area contributed by atoms with Crippen LogP contribution in [0.4, 0.5) is 0 Å². The van der Waals surface area contributed by atoms with Crippen LogP contribution >= 0.6 is 0 Å². The van der Waals surface area contributed by atoms with Crippen molar-refractivity contribution in [2.75, 3.05) is 0 Å². The monoisotopic (exact) mass is 100 g/mol. The van der Waals surface area contributed by atoms with Crippen molar-refractivity contribution in [2.24, 2.45) is 11.5 Å². The van der Waals surface area contributed by atoms with Crippen LogP contribution in [0.25, 0.3) is 0 Å². The minimum atomic E-state index is 0.144. The molecule has 0 aromatic heterocycles. The van der Waals surface area contributed by atoms with Gasteiger partial charge in [0.1, 0.15) is 0 Å². The van der Waals surface area contributed by atoms with Crippen LogP contribution in [0.15, 0.2) is 12.3 Å². The molecule has 0 aliphatic rings. The van der Waals surface area contributed by atoms with Gasteiger partial charge >= 0.3 is 0 Å². The zero-order chi connectivity index (χ0) is 5.70. The Labute approximate surface area is 44.2 Å². The van der Waals surface area contributed by atoms with Gasteiger partial charge in [-0.15, -0.1) is 0 Å². The van der Waals surface area contributed by atoms with Crippen molar-refractivity contribution < 1.29 is 0 Å². The minimum absolute atomic E-state index is 0.144. The summed E-state index contributed by atoms with van der Waals surface area (Å²) in [5, 5.41) is 0. The van der Waals surface area contributed by atoms with Gasteiger partial charge < -0.3 is 11.5 Å². The number of rotatable bonds is 2. The molecule has 0 heterocycles. The molecule has 7 heavy (non-hydrogen) atoms. The maximum Gasteiger partial charge on any atom is 0.0237 e. The van der Waals surface area contributed by atoms with Gasteiger partial charge in [-0.05, 0) is 12.6 Å². The van der Waals surface area contributed by atoms with Crippen LogP contribution in [0, 0.1) is 0 Å². The zero-order valence-corrected chi connectivity index (χ0v) is 4.59. The van der Waals surface area contributed by atoms with Gasteiger partial charge in [0, 0.05) is 6.04 Å². The molecule has 0 aliphatic carbocycles. The molecule has 4 N–H and O–H groups in total. The minimum Gasteiger partial charge on any atom is -0.405 e. The fourth-order valence-corrected chi connectivity index (χ4v) is 0.279. The first-order chi connectivity index (χ1) is 3.31. The first-order valence-corrected chi connectivity index (χ1v) is 2.45. The average Bonchev–Trinajstić information content (AvgIpc) is 1.68. The topological polar surface area (TPSA) is 52.0 Å². The number of hydrogen-bond acceptors (Lipinski definition) is 2. The Hall–Kier alpha value is -0.500. The Kier molecular flexibility index (Phi) is 3.42. The normalized spacial score (nSPS) is 15.1. The highest BCUT2D eigenvalue weighted by Crippen LogP contribution is 1.83. The molecule has 0 saturated carbocycles. The lowest BCUT2D eigenvalue weighted by Gasteiger charge is -1.96. The summed E-state index contributed by atoms with van der Waals surface area (Å²) in [7, 11) is 0. The summed E-state index contributed by atoms with van der Waals surface area (Å²) in [5.41, 5.74) is 10.5. The van der Waals surface area contributed by atoms with E-state index < -0.39 is 0 Å². The van der Waals surface area contributed by atoms with E-state index in [2.05, 4.69) is 0 Å². The molecular weight excluding hydrogens is 88.1 g/mol. The lowest BCUT2D eigenvalue weighted by Crippen LogP contribution is -2.14. The second-order valence-corrected chi connectivity index (χ2v) is 1.46. The molecule has 0 spiro atoms. The van der Waals surface area contributed by atoms with Crippen LogP contribution < -0.4 is 11.5 Å².